The molecule has 0 atom stereocenters. The summed E-state index contributed by atoms with van der Waals surface area (Å²) in [6, 6.07) is 61.2. The number of rotatable bonds is 3. The molecule has 0 bridgehead atoms. The van der Waals surface area contributed by atoms with Crippen molar-refractivity contribution in [1.82, 2.24) is 14.5 Å². The van der Waals surface area contributed by atoms with E-state index in [1.165, 1.54) is 59.2 Å². The molecule has 4 nitrogen and oxygen atoms in total. The number of hydrogen-bond acceptors (Lipinski definition) is 4. The normalized spacial score (nSPS) is 12.5. The van der Waals surface area contributed by atoms with E-state index < -0.39 is 0 Å². The van der Waals surface area contributed by atoms with Crippen LogP contribution < -0.4 is 4.90 Å². The molecule has 11 aromatic rings. The second kappa shape index (κ2) is 10.8. The van der Waals surface area contributed by atoms with Gasteiger partial charge in [0.25, 0.3) is 0 Å². The van der Waals surface area contributed by atoms with Crippen molar-refractivity contribution in [3.63, 3.8) is 0 Å². The van der Waals surface area contributed by atoms with Gasteiger partial charge in [-0.05, 0) is 58.8 Å². The first-order valence-electron chi connectivity index (χ1n) is 17.9. The van der Waals surface area contributed by atoms with Crippen LogP contribution in [0.3, 0.4) is 0 Å². The second-order valence-corrected chi connectivity index (χ2v) is 14.8. The van der Waals surface area contributed by atoms with Gasteiger partial charge in [0.05, 0.1) is 38.3 Å². The van der Waals surface area contributed by atoms with Gasteiger partial charge in [-0.25, -0.2) is 9.97 Å². The molecule has 12 rings (SSSR count). The highest BCUT2D eigenvalue weighted by Crippen LogP contribution is 2.53. The monoisotopic (exact) mass is 692 g/mol. The highest BCUT2D eigenvalue weighted by Gasteiger charge is 2.30. The molecule has 8 aromatic carbocycles. The molecule has 0 spiro atoms. The predicted octanol–water partition coefficient (Wildman–Crippen LogP) is 13.4. The van der Waals surface area contributed by atoms with Crippen LogP contribution in [0.5, 0.6) is 0 Å². The lowest BCUT2D eigenvalue weighted by Gasteiger charge is -2.33. The molecule has 5 heteroatoms. The molecule has 0 aliphatic carbocycles. The zero-order valence-electron chi connectivity index (χ0n) is 28.4. The fraction of sp³-hybridized carbons (Fsp3) is 0. The van der Waals surface area contributed by atoms with Gasteiger partial charge >= 0.3 is 0 Å². The smallest absolute Gasteiger partial charge is 0.235 e. The van der Waals surface area contributed by atoms with Gasteiger partial charge in [-0.1, -0.05) is 127 Å². The van der Waals surface area contributed by atoms with Gasteiger partial charge in [0.15, 0.2) is 0 Å². The lowest BCUT2D eigenvalue weighted by molar-refractivity contribution is 1.12. The van der Waals surface area contributed by atoms with Gasteiger partial charge in [0, 0.05) is 48.4 Å². The number of nitrogens with zero attached hydrogens (tertiary/aromatic N) is 4. The maximum absolute atomic E-state index is 5.63. The Morgan fingerprint density at radius 3 is 2.13 bits per heavy atom. The Bertz CT molecular complexity index is 3300. The van der Waals surface area contributed by atoms with Crippen LogP contribution in [0.1, 0.15) is 0 Å². The summed E-state index contributed by atoms with van der Waals surface area (Å²) in [5.41, 5.74) is 11.1. The Kier molecular flexibility index (Phi) is 5.90. The number of anilines is 3. The van der Waals surface area contributed by atoms with Crippen molar-refractivity contribution in [2.45, 2.75) is 0 Å². The van der Waals surface area contributed by atoms with E-state index in [1.807, 2.05) is 0 Å². The minimum absolute atomic E-state index is 0.669. The van der Waals surface area contributed by atoms with Crippen LogP contribution in [-0.2, 0) is 0 Å². The number of fused-ring (bicyclic) bond motifs is 10. The zero-order valence-corrected chi connectivity index (χ0v) is 29.2. The second-order valence-electron chi connectivity index (χ2n) is 13.8. The Labute approximate surface area is 308 Å². The van der Waals surface area contributed by atoms with Crippen molar-refractivity contribution in [3.8, 4) is 28.1 Å². The van der Waals surface area contributed by atoms with E-state index in [0.717, 1.165) is 43.9 Å². The van der Waals surface area contributed by atoms with E-state index in [4.69, 9.17) is 9.97 Å². The predicted molar refractivity (Wildman–Crippen MR) is 223 cm³/mol. The van der Waals surface area contributed by atoms with Crippen LogP contribution in [0.15, 0.2) is 170 Å². The fourth-order valence-corrected chi connectivity index (χ4v) is 9.78. The molecule has 0 saturated carbocycles. The van der Waals surface area contributed by atoms with E-state index in [2.05, 4.69) is 179 Å². The standard InChI is InChI=1S/C48H28N4S/c1-2-15-32(16-3-1)51-39-21-8-6-18-34(39)38-28-31(25-27-40(38)51)44-47-45(37-19-7-9-23-42(37)53-47)50-48(49-44)52-41-22-11-14-30-13-10-20-35(43(30)41)36-26-24-29-12-4-5-17-33(29)46(36)52/h1-28H. The van der Waals surface area contributed by atoms with E-state index >= 15 is 0 Å². The maximum Gasteiger partial charge on any atom is 0.235 e. The van der Waals surface area contributed by atoms with Crippen LogP contribution in [0.4, 0.5) is 17.3 Å². The molecule has 1 aliphatic heterocycles. The molecule has 0 amide bonds. The van der Waals surface area contributed by atoms with Crippen LogP contribution in [-0.4, -0.2) is 14.5 Å². The topological polar surface area (TPSA) is 34.0 Å². The summed E-state index contributed by atoms with van der Waals surface area (Å²) in [4.78, 5) is 13.5. The average Bonchev–Trinajstić information content (AvgIpc) is 3.76. The SMILES string of the molecule is c1ccc(-n2c3ccccc3c3cc(-c4nc(N5c6c(ccc7ccccc67)-c6cccc7cccc5c67)nc5c4sc4ccccc45)ccc32)cc1. The lowest BCUT2D eigenvalue weighted by atomic mass is 9.89. The number of benzene rings is 8. The average molecular weight is 693 g/mol. The van der Waals surface area contributed by atoms with Crippen LogP contribution in [0, 0.1) is 0 Å². The first-order valence-corrected chi connectivity index (χ1v) is 18.7. The Morgan fingerprint density at radius 2 is 1.23 bits per heavy atom. The summed E-state index contributed by atoms with van der Waals surface area (Å²) in [5.74, 6) is 0.669. The molecule has 0 unspecified atom stereocenters. The highest BCUT2D eigenvalue weighted by atomic mass is 32.1. The van der Waals surface area contributed by atoms with Crippen molar-refractivity contribution in [3.05, 3.63) is 170 Å². The number of aromatic nitrogens is 3. The lowest BCUT2D eigenvalue weighted by Crippen LogP contribution is -2.18. The molecular weight excluding hydrogens is 665 g/mol. The summed E-state index contributed by atoms with van der Waals surface area (Å²) in [5, 5.41) is 8.34. The van der Waals surface area contributed by atoms with Gasteiger partial charge in [-0.3, -0.25) is 4.90 Å². The third-order valence-electron chi connectivity index (χ3n) is 10.9. The first kappa shape index (κ1) is 28.8. The number of para-hydroxylation sites is 2. The van der Waals surface area contributed by atoms with E-state index in [0.29, 0.717) is 5.95 Å². The summed E-state index contributed by atoms with van der Waals surface area (Å²) in [6.07, 6.45) is 0. The van der Waals surface area contributed by atoms with Gasteiger partial charge in [0.2, 0.25) is 5.95 Å². The first-order chi connectivity index (χ1) is 26.3. The molecule has 4 heterocycles. The molecule has 1 aliphatic rings. The fourth-order valence-electron chi connectivity index (χ4n) is 8.62. The van der Waals surface area contributed by atoms with Crippen molar-refractivity contribution in [2.75, 3.05) is 4.90 Å². The largest absolute Gasteiger partial charge is 0.309 e. The van der Waals surface area contributed by atoms with Crippen molar-refractivity contribution < 1.29 is 0 Å². The highest BCUT2D eigenvalue weighted by molar-refractivity contribution is 7.26. The third-order valence-corrected chi connectivity index (χ3v) is 12.1. The van der Waals surface area contributed by atoms with Gasteiger partial charge in [0.1, 0.15) is 0 Å². The third kappa shape index (κ3) is 4.05. The summed E-state index contributed by atoms with van der Waals surface area (Å²) in [7, 11) is 0. The Morgan fingerprint density at radius 1 is 0.491 bits per heavy atom. The molecule has 3 aromatic heterocycles. The molecule has 0 radical (unpaired) electrons. The molecule has 0 saturated heterocycles. The van der Waals surface area contributed by atoms with Crippen molar-refractivity contribution >= 4 is 92.3 Å². The number of hydrogen-bond donors (Lipinski definition) is 0. The maximum atomic E-state index is 5.63. The minimum atomic E-state index is 0.669. The Hall–Kier alpha value is -6.82. The van der Waals surface area contributed by atoms with Crippen LogP contribution >= 0.6 is 11.3 Å². The molecule has 246 valence electrons. The summed E-state index contributed by atoms with van der Waals surface area (Å²) >= 11 is 1.77. The summed E-state index contributed by atoms with van der Waals surface area (Å²) < 4.78 is 4.66. The summed E-state index contributed by atoms with van der Waals surface area (Å²) in [6.45, 7) is 0. The van der Waals surface area contributed by atoms with Gasteiger partial charge in [-0.2, -0.15) is 0 Å². The number of thiophene rings is 1. The van der Waals surface area contributed by atoms with E-state index in [9.17, 15) is 0 Å². The molecule has 53 heavy (non-hydrogen) atoms. The molecular formula is C48H28N4S. The van der Waals surface area contributed by atoms with Gasteiger partial charge in [-0.15, -0.1) is 11.3 Å². The Balaban J connectivity index is 1.19. The zero-order chi connectivity index (χ0) is 34.6. The molecule has 0 N–H and O–H groups in total. The van der Waals surface area contributed by atoms with Crippen LogP contribution in [0.25, 0.3) is 91.7 Å². The van der Waals surface area contributed by atoms with E-state index in [-0.39, 0.29) is 0 Å². The van der Waals surface area contributed by atoms with Crippen molar-refractivity contribution in [2.24, 2.45) is 0 Å². The molecule has 0 fully saturated rings. The quantitative estimate of drug-likeness (QED) is 0.185. The van der Waals surface area contributed by atoms with Gasteiger partial charge < -0.3 is 4.57 Å². The minimum Gasteiger partial charge on any atom is -0.309 e. The van der Waals surface area contributed by atoms with Crippen LogP contribution in [0.2, 0.25) is 0 Å². The van der Waals surface area contributed by atoms with Crippen molar-refractivity contribution in [1.29, 1.82) is 0 Å². The van der Waals surface area contributed by atoms with E-state index in [1.54, 1.807) is 11.3 Å².